The SMILES string of the molecule is CC(NC(=O)CN1CCC(C2OCCO2)CC1)c1ccc2ccccc2c1. The topological polar surface area (TPSA) is 50.8 Å². The highest BCUT2D eigenvalue weighted by Crippen LogP contribution is 2.26. The molecule has 2 fully saturated rings. The van der Waals surface area contributed by atoms with E-state index in [1.54, 1.807) is 0 Å². The molecule has 2 aliphatic rings. The van der Waals surface area contributed by atoms with Gasteiger partial charge in [-0.3, -0.25) is 9.69 Å². The molecule has 1 amide bonds. The van der Waals surface area contributed by atoms with Gasteiger partial charge >= 0.3 is 0 Å². The highest BCUT2D eigenvalue weighted by Gasteiger charge is 2.30. The largest absolute Gasteiger partial charge is 0.350 e. The van der Waals surface area contributed by atoms with Crippen molar-refractivity contribution in [1.82, 2.24) is 10.2 Å². The molecule has 27 heavy (non-hydrogen) atoms. The van der Waals surface area contributed by atoms with E-state index in [1.165, 1.54) is 10.8 Å². The van der Waals surface area contributed by atoms with Crippen molar-refractivity contribution in [3.63, 3.8) is 0 Å². The van der Waals surface area contributed by atoms with E-state index < -0.39 is 0 Å². The van der Waals surface area contributed by atoms with Crippen molar-refractivity contribution in [2.24, 2.45) is 5.92 Å². The number of ether oxygens (including phenoxy) is 2. The smallest absolute Gasteiger partial charge is 0.234 e. The maximum Gasteiger partial charge on any atom is 0.234 e. The number of fused-ring (bicyclic) bond motifs is 1. The predicted molar refractivity (Wildman–Crippen MR) is 105 cm³/mol. The van der Waals surface area contributed by atoms with E-state index in [1.807, 2.05) is 19.1 Å². The van der Waals surface area contributed by atoms with Crippen LogP contribution in [0.15, 0.2) is 42.5 Å². The lowest BCUT2D eigenvalue weighted by Gasteiger charge is -2.33. The van der Waals surface area contributed by atoms with Crippen LogP contribution in [0, 0.1) is 5.92 Å². The van der Waals surface area contributed by atoms with E-state index >= 15 is 0 Å². The van der Waals surface area contributed by atoms with Gasteiger partial charge in [0, 0.05) is 5.92 Å². The Morgan fingerprint density at radius 3 is 2.56 bits per heavy atom. The van der Waals surface area contributed by atoms with Gasteiger partial charge in [0.15, 0.2) is 6.29 Å². The van der Waals surface area contributed by atoms with Crippen LogP contribution in [0.4, 0.5) is 0 Å². The summed E-state index contributed by atoms with van der Waals surface area (Å²) in [6.07, 6.45) is 2.02. The Morgan fingerprint density at radius 2 is 1.81 bits per heavy atom. The molecule has 5 nitrogen and oxygen atoms in total. The molecule has 1 N–H and O–H groups in total. The van der Waals surface area contributed by atoms with Crippen LogP contribution in [-0.2, 0) is 14.3 Å². The number of rotatable bonds is 5. The molecular weight excluding hydrogens is 340 g/mol. The molecule has 2 heterocycles. The highest BCUT2D eigenvalue weighted by atomic mass is 16.7. The number of amides is 1. The van der Waals surface area contributed by atoms with Crippen molar-refractivity contribution >= 4 is 16.7 Å². The maximum absolute atomic E-state index is 12.5. The molecule has 5 heteroatoms. The number of carbonyl (C=O) groups is 1. The van der Waals surface area contributed by atoms with Crippen LogP contribution in [-0.4, -0.2) is 49.9 Å². The second-order valence-corrected chi connectivity index (χ2v) is 7.62. The Balaban J connectivity index is 1.27. The summed E-state index contributed by atoms with van der Waals surface area (Å²) in [5.74, 6) is 0.547. The minimum Gasteiger partial charge on any atom is -0.350 e. The number of nitrogens with zero attached hydrogens (tertiary/aromatic N) is 1. The van der Waals surface area contributed by atoms with E-state index in [0.29, 0.717) is 25.7 Å². The zero-order chi connectivity index (χ0) is 18.6. The molecule has 0 bridgehead atoms. The van der Waals surface area contributed by atoms with E-state index in [2.05, 4.69) is 40.5 Å². The fourth-order valence-electron chi connectivity index (χ4n) is 4.08. The molecule has 0 aromatic heterocycles. The van der Waals surface area contributed by atoms with Crippen LogP contribution in [0.2, 0.25) is 0 Å². The van der Waals surface area contributed by atoms with Crippen LogP contribution in [0.25, 0.3) is 10.8 Å². The number of likely N-dealkylation sites (tertiary alicyclic amines) is 1. The van der Waals surface area contributed by atoms with Crippen molar-refractivity contribution in [2.45, 2.75) is 32.1 Å². The molecule has 0 radical (unpaired) electrons. The van der Waals surface area contributed by atoms with Gasteiger partial charge in [0.25, 0.3) is 0 Å². The average Bonchev–Trinajstić information content (AvgIpc) is 3.23. The van der Waals surface area contributed by atoms with Gasteiger partial charge in [-0.2, -0.15) is 0 Å². The summed E-state index contributed by atoms with van der Waals surface area (Å²) in [5, 5.41) is 5.57. The first-order valence-corrected chi connectivity index (χ1v) is 9.93. The van der Waals surface area contributed by atoms with Crippen LogP contribution < -0.4 is 5.32 Å². The number of hydrogen-bond donors (Lipinski definition) is 1. The molecule has 2 aromatic carbocycles. The van der Waals surface area contributed by atoms with Crippen LogP contribution >= 0.6 is 0 Å². The first-order valence-electron chi connectivity index (χ1n) is 9.93. The third-order valence-corrected chi connectivity index (χ3v) is 5.68. The molecule has 4 rings (SSSR count). The third-order valence-electron chi connectivity index (χ3n) is 5.68. The Kier molecular flexibility index (Phi) is 5.72. The van der Waals surface area contributed by atoms with Gasteiger partial charge < -0.3 is 14.8 Å². The fraction of sp³-hybridized carbons (Fsp3) is 0.500. The fourth-order valence-corrected chi connectivity index (χ4v) is 4.08. The maximum atomic E-state index is 12.5. The first kappa shape index (κ1) is 18.4. The van der Waals surface area contributed by atoms with Crippen LogP contribution in [0.3, 0.4) is 0 Å². The highest BCUT2D eigenvalue weighted by molar-refractivity contribution is 5.83. The second kappa shape index (κ2) is 8.38. The summed E-state index contributed by atoms with van der Waals surface area (Å²) in [6, 6.07) is 14.7. The Morgan fingerprint density at radius 1 is 1.11 bits per heavy atom. The molecule has 2 aliphatic heterocycles. The minimum absolute atomic E-state index is 0.0000611. The monoisotopic (exact) mass is 368 g/mol. The van der Waals surface area contributed by atoms with Crippen LogP contribution in [0.5, 0.6) is 0 Å². The van der Waals surface area contributed by atoms with Crippen molar-refractivity contribution < 1.29 is 14.3 Å². The number of nitrogens with one attached hydrogen (secondary N) is 1. The van der Waals surface area contributed by atoms with Crippen LogP contribution in [0.1, 0.15) is 31.4 Å². The summed E-state index contributed by atoms with van der Waals surface area (Å²) in [6.45, 7) is 5.76. The zero-order valence-corrected chi connectivity index (χ0v) is 15.9. The van der Waals surface area contributed by atoms with Gasteiger partial charge in [0.05, 0.1) is 25.8 Å². The zero-order valence-electron chi connectivity index (χ0n) is 15.9. The Bertz CT molecular complexity index is 780. The van der Waals surface area contributed by atoms with Gasteiger partial charge in [0.1, 0.15) is 0 Å². The molecule has 0 spiro atoms. The normalized spacial score (nSPS) is 20.8. The van der Waals surface area contributed by atoms with Gasteiger partial charge in [-0.25, -0.2) is 0 Å². The second-order valence-electron chi connectivity index (χ2n) is 7.62. The molecule has 1 atom stereocenters. The number of carbonyl (C=O) groups excluding carboxylic acids is 1. The molecule has 2 aromatic rings. The first-order chi connectivity index (χ1) is 13.2. The molecule has 1 unspecified atom stereocenters. The molecule has 0 aliphatic carbocycles. The third kappa shape index (κ3) is 4.49. The summed E-state index contributed by atoms with van der Waals surface area (Å²) in [5.41, 5.74) is 1.14. The summed E-state index contributed by atoms with van der Waals surface area (Å²) >= 11 is 0. The molecule has 144 valence electrons. The number of hydrogen-bond acceptors (Lipinski definition) is 4. The quantitative estimate of drug-likeness (QED) is 0.881. The molecule has 0 saturated carbocycles. The van der Waals surface area contributed by atoms with Crippen molar-refractivity contribution in [1.29, 1.82) is 0 Å². The lowest BCUT2D eigenvalue weighted by Crippen LogP contribution is -2.43. The van der Waals surface area contributed by atoms with E-state index in [0.717, 1.165) is 31.5 Å². The van der Waals surface area contributed by atoms with Crippen molar-refractivity contribution in [3.05, 3.63) is 48.0 Å². The Labute approximate surface area is 160 Å². The van der Waals surface area contributed by atoms with Gasteiger partial charge in [-0.1, -0.05) is 36.4 Å². The minimum atomic E-state index is -0.0334. The summed E-state index contributed by atoms with van der Waals surface area (Å²) < 4.78 is 11.2. The standard InChI is InChI=1S/C22H28N2O3/c1-16(19-7-6-17-4-2-3-5-20(17)14-19)23-21(25)15-24-10-8-18(9-11-24)22-26-12-13-27-22/h2-7,14,16,18,22H,8-13,15H2,1H3,(H,23,25). The lowest BCUT2D eigenvalue weighted by molar-refractivity contribution is -0.124. The van der Waals surface area contributed by atoms with E-state index in [4.69, 9.17) is 9.47 Å². The number of piperidine rings is 1. The summed E-state index contributed by atoms with van der Waals surface area (Å²) in [4.78, 5) is 14.7. The van der Waals surface area contributed by atoms with Gasteiger partial charge in [-0.15, -0.1) is 0 Å². The molecule has 2 saturated heterocycles. The number of benzene rings is 2. The molecular formula is C22H28N2O3. The Hall–Kier alpha value is -1.95. The van der Waals surface area contributed by atoms with Gasteiger partial charge in [0.2, 0.25) is 5.91 Å². The van der Waals surface area contributed by atoms with Crippen molar-refractivity contribution in [3.8, 4) is 0 Å². The lowest BCUT2D eigenvalue weighted by atomic mass is 9.96. The van der Waals surface area contributed by atoms with Crippen molar-refractivity contribution in [2.75, 3.05) is 32.8 Å². The average molecular weight is 368 g/mol. The van der Waals surface area contributed by atoms with E-state index in [9.17, 15) is 4.79 Å². The summed E-state index contributed by atoms with van der Waals surface area (Å²) in [7, 11) is 0. The van der Waals surface area contributed by atoms with Gasteiger partial charge in [-0.05, 0) is 55.3 Å². The predicted octanol–water partition coefficient (Wildman–Crippen LogP) is 3.10. The van der Waals surface area contributed by atoms with E-state index in [-0.39, 0.29) is 18.2 Å².